The van der Waals surface area contributed by atoms with Crippen molar-refractivity contribution in [1.29, 1.82) is 0 Å². The van der Waals surface area contributed by atoms with Gasteiger partial charge in [-0.3, -0.25) is 14.9 Å². The van der Waals surface area contributed by atoms with Crippen LogP contribution in [0.1, 0.15) is 37.7 Å². The normalized spacial score (nSPS) is 12.2. The van der Waals surface area contributed by atoms with Crippen LogP contribution in [0.2, 0.25) is 0 Å². The first-order chi connectivity index (χ1) is 9.77. The molecule has 0 aliphatic heterocycles. The van der Waals surface area contributed by atoms with Gasteiger partial charge in [0.05, 0.1) is 11.1 Å². The molecule has 1 aromatic heterocycles. The number of carbonyl (C=O) groups excluding carboxylic acids is 1. The highest BCUT2D eigenvalue weighted by molar-refractivity contribution is 5.96. The molecule has 0 radical (unpaired) electrons. The molecule has 0 saturated carbocycles. The summed E-state index contributed by atoms with van der Waals surface area (Å²) in [5, 5.41) is 22.3. The molecule has 8 heteroatoms. The summed E-state index contributed by atoms with van der Waals surface area (Å²) < 4.78 is 1.46. The largest absolute Gasteiger partial charge is 0.480 e. The van der Waals surface area contributed by atoms with Crippen molar-refractivity contribution in [2.75, 3.05) is 0 Å². The molecular weight excluding hydrogens is 278 g/mol. The first kappa shape index (κ1) is 16.7. The Morgan fingerprint density at radius 1 is 1.48 bits per heavy atom. The smallest absolute Gasteiger partial charge is 0.326 e. The molecule has 0 saturated heterocycles. The first-order valence-corrected chi connectivity index (χ1v) is 6.66. The Morgan fingerprint density at radius 2 is 2.10 bits per heavy atom. The molecule has 1 aromatic rings. The molecule has 0 aliphatic carbocycles. The monoisotopic (exact) mass is 297 g/mol. The van der Waals surface area contributed by atoms with Gasteiger partial charge in [0.1, 0.15) is 11.7 Å². The highest BCUT2D eigenvalue weighted by Crippen LogP contribution is 2.17. The second kappa shape index (κ2) is 6.87. The molecule has 21 heavy (non-hydrogen) atoms. The zero-order chi connectivity index (χ0) is 16.2. The Hall–Kier alpha value is -2.38. The first-order valence-electron chi connectivity index (χ1n) is 6.66. The molecule has 0 aromatic carbocycles. The van der Waals surface area contributed by atoms with Gasteiger partial charge in [-0.05, 0) is 12.3 Å². The van der Waals surface area contributed by atoms with E-state index in [4.69, 9.17) is 5.11 Å². The predicted molar refractivity (Wildman–Crippen MR) is 75.1 cm³/mol. The molecule has 116 valence electrons. The molecule has 1 amide bonds. The summed E-state index contributed by atoms with van der Waals surface area (Å²) in [5.41, 5.74) is -0.0968. The van der Waals surface area contributed by atoms with Crippen LogP contribution in [0.5, 0.6) is 0 Å². The van der Waals surface area contributed by atoms with E-state index in [1.165, 1.54) is 10.8 Å². The van der Waals surface area contributed by atoms with Gasteiger partial charge in [0.15, 0.2) is 0 Å². The Labute approximate surface area is 121 Å². The third-order valence-corrected chi connectivity index (χ3v) is 3.01. The van der Waals surface area contributed by atoms with Crippen molar-refractivity contribution in [3.63, 3.8) is 0 Å². The van der Waals surface area contributed by atoms with Crippen LogP contribution in [-0.2, 0) is 11.3 Å². The van der Waals surface area contributed by atoms with Crippen molar-refractivity contribution in [2.24, 2.45) is 5.92 Å². The Balaban J connectivity index is 3.05. The van der Waals surface area contributed by atoms with E-state index in [0.29, 0.717) is 13.0 Å². The van der Waals surface area contributed by atoms with Crippen molar-refractivity contribution in [2.45, 2.75) is 39.8 Å². The number of hydrogen-bond acceptors (Lipinski definition) is 4. The summed E-state index contributed by atoms with van der Waals surface area (Å²) in [6.45, 7) is 5.66. The number of amides is 1. The lowest BCUT2D eigenvalue weighted by atomic mass is 10.0. The second-order valence-electron chi connectivity index (χ2n) is 5.07. The van der Waals surface area contributed by atoms with E-state index in [0.717, 1.165) is 6.07 Å². The molecule has 8 nitrogen and oxygen atoms in total. The average molecular weight is 297 g/mol. The maximum absolute atomic E-state index is 12.2. The molecule has 1 heterocycles. The van der Waals surface area contributed by atoms with E-state index in [1.54, 1.807) is 13.8 Å². The quantitative estimate of drug-likeness (QED) is 0.586. The van der Waals surface area contributed by atoms with Gasteiger partial charge >= 0.3 is 5.97 Å². The average Bonchev–Trinajstić information content (AvgIpc) is 2.79. The summed E-state index contributed by atoms with van der Waals surface area (Å²) in [6, 6.07) is 0.117. The Bertz CT molecular complexity index is 550. The summed E-state index contributed by atoms with van der Waals surface area (Å²) in [7, 11) is 0. The van der Waals surface area contributed by atoms with E-state index >= 15 is 0 Å². The van der Waals surface area contributed by atoms with Crippen LogP contribution < -0.4 is 5.32 Å². The maximum atomic E-state index is 12.2. The van der Waals surface area contributed by atoms with Gasteiger partial charge in [-0.25, -0.2) is 4.79 Å². The number of aromatic nitrogens is 1. The van der Waals surface area contributed by atoms with Gasteiger partial charge in [-0.2, -0.15) is 0 Å². The number of rotatable bonds is 7. The molecule has 0 spiro atoms. The molecule has 1 atom stereocenters. The van der Waals surface area contributed by atoms with Crippen molar-refractivity contribution >= 4 is 17.6 Å². The molecule has 0 aliphatic rings. The molecule has 0 bridgehead atoms. The number of nitrogens with one attached hydrogen (secondary N) is 1. The zero-order valence-corrected chi connectivity index (χ0v) is 12.2. The van der Waals surface area contributed by atoms with Crippen LogP contribution >= 0.6 is 0 Å². The van der Waals surface area contributed by atoms with E-state index in [1.807, 2.05) is 6.92 Å². The van der Waals surface area contributed by atoms with Crippen molar-refractivity contribution in [3.8, 4) is 0 Å². The number of nitro groups is 1. The van der Waals surface area contributed by atoms with Gasteiger partial charge in [0, 0.05) is 12.6 Å². The van der Waals surface area contributed by atoms with Crippen LogP contribution in [0.25, 0.3) is 0 Å². The number of carbonyl (C=O) groups is 2. The molecule has 1 rings (SSSR count). The van der Waals surface area contributed by atoms with Crippen LogP contribution in [-0.4, -0.2) is 32.5 Å². The van der Waals surface area contributed by atoms with Crippen molar-refractivity contribution in [3.05, 3.63) is 28.1 Å². The van der Waals surface area contributed by atoms with Crippen LogP contribution in [0.15, 0.2) is 12.3 Å². The maximum Gasteiger partial charge on any atom is 0.326 e. The summed E-state index contributed by atoms with van der Waals surface area (Å²) in [5.74, 6) is -2.06. The SMILES string of the molecule is CCCn1cc([N+](=O)[O-])cc1C(=O)N[C@H](C(=O)O)C(C)C. The molecule has 0 unspecified atom stereocenters. The lowest BCUT2D eigenvalue weighted by Gasteiger charge is -2.18. The molecule has 0 fully saturated rings. The van der Waals surface area contributed by atoms with Crippen molar-refractivity contribution < 1.29 is 19.6 Å². The zero-order valence-electron chi connectivity index (χ0n) is 12.2. The molecular formula is C13H19N3O5. The number of carboxylic acids is 1. The minimum atomic E-state index is -1.14. The van der Waals surface area contributed by atoms with E-state index in [9.17, 15) is 19.7 Å². The molecule has 2 N–H and O–H groups in total. The second-order valence-corrected chi connectivity index (χ2v) is 5.07. The van der Waals surface area contributed by atoms with Gasteiger partial charge < -0.3 is 15.0 Å². The minimum Gasteiger partial charge on any atom is -0.480 e. The van der Waals surface area contributed by atoms with E-state index < -0.39 is 22.8 Å². The topological polar surface area (TPSA) is 114 Å². The van der Waals surface area contributed by atoms with E-state index in [-0.39, 0.29) is 17.3 Å². The lowest BCUT2D eigenvalue weighted by molar-refractivity contribution is -0.384. The number of nitrogens with zero attached hydrogens (tertiary/aromatic N) is 2. The highest BCUT2D eigenvalue weighted by Gasteiger charge is 2.26. The van der Waals surface area contributed by atoms with Crippen LogP contribution in [0, 0.1) is 16.0 Å². The number of aliphatic carboxylic acids is 1. The van der Waals surface area contributed by atoms with E-state index in [2.05, 4.69) is 5.32 Å². The van der Waals surface area contributed by atoms with Gasteiger partial charge in [-0.15, -0.1) is 0 Å². The fourth-order valence-corrected chi connectivity index (χ4v) is 1.94. The predicted octanol–water partition coefficient (Wildman–Crippen LogP) is 1.65. The van der Waals surface area contributed by atoms with Gasteiger partial charge in [-0.1, -0.05) is 20.8 Å². The fourth-order valence-electron chi connectivity index (χ4n) is 1.94. The third kappa shape index (κ3) is 4.04. The van der Waals surface area contributed by atoms with Crippen molar-refractivity contribution in [1.82, 2.24) is 9.88 Å². The standard InChI is InChI=1S/C13H19N3O5/c1-4-5-15-7-9(16(20)21)6-10(15)12(17)14-11(8(2)3)13(18)19/h6-8,11H,4-5H2,1-3H3,(H,14,17)(H,18,19)/t11-/m0/s1. The lowest BCUT2D eigenvalue weighted by Crippen LogP contribution is -2.44. The third-order valence-electron chi connectivity index (χ3n) is 3.01. The Morgan fingerprint density at radius 3 is 2.52 bits per heavy atom. The number of hydrogen-bond donors (Lipinski definition) is 2. The Kier molecular flexibility index (Phi) is 5.45. The summed E-state index contributed by atoms with van der Waals surface area (Å²) >= 11 is 0. The van der Waals surface area contributed by atoms with Gasteiger partial charge in [0.25, 0.3) is 11.6 Å². The van der Waals surface area contributed by atoms with Crippen LogP contribution in [0.3, 0.4) is 0 Å². The highest BCUT2D eigenvalue weighted by atomic mass is 16.6. The van der Waals surface area contributed by atoms with Crippen LogP contribution in [0.4, 0.5) is 5.69 Å². The number of carboxylic acid groups (broad SMARTS) is 1. The summed E-state index contributed by atoms with van der Waals surface area (Å²) in [4.78, 5) is 33.5. The van der Waals surface area contributed by atoms with Gasteiger partial charge in [0.2, 0.25) is 0 Å². The number of aryl methyl sites for hydroxylation is 1. The fraction of sp³-hybridized carbons (Fsp3) is 0.538. The minimum absolute atomic E-state index is 0.0930. The summed E-state index contributed by atoms with van der Waals surface area (Å²) in [6.07, 6.45) is 1.97.